The van der Waals surface area contributed by atoms with Crippen LogP contribution in [-0.4, -0.2) is 27.5 Å². The summed E-state index contributed by atoms with van der Waals surface area (Å²) in [5, 5.41) is 2.86. The molecule has 21 heavy (non-hydrogen) atoms. The van der Waals surface area contributed by atoms with Crippen LogP contribution in [0.3, 0.4) is 0 Å². The van der Waals surface area contributed by atoms with Crippen molar-refractivity contribution in [2.24, 2.45) is 0 Å². The summed E-state index contributed by atoms with van der Waals surface area (Å²) < 4.78 is 26.4. The monoisotopic (exact) mass is 305 g/mol. The van der Waals surface area contributed by atoms with Crippen LogP contribution in [0, 0.1) is 0 Å². The summed E-state index contributed by atoms with van der Waals surface area (Å²) >= 11 is 0. The first-order valence-electron chi connectivity index (χ1n) is 6.70. The first kappa shape index (κ1) is 15.3. The van der Waals surface area contributed by atoms with Gasteiger partial charge in [0.1, 0.15) is 10.7 Å². The molecule has 1 aromatic carbocycles. The lowest BCUT2D eigenvalue weighted by Gasteiger charge is -2.19. The van der Waals surface area contributed by atoms with Gasteiger partial charge >= 0.3 is 0 Å². The van der Waals surface area contributed by atoms with Gasteiger partial charge in [0.25, 0.3) is 10.0 Å². The zero-order valence-corrected chi connectivity index (χ0v) is 13.2. The highest BCUT2D eigenvalue weighted by Crippen LogP contribution is 2.22. The molecular formula is C15H19N3O2S. The fraction of sp³-hybridized carbons (Fsp3) is 0.267. The minimum Gasteiger partial charge on any atom is -0.373 e. The molecule has 6 heteroatoms. The van der Waals surface area contributed by atoms with Gasteiger partial charge in [-0.15, -0.1) is 0 Å². The predicted molar refractivity (Wildman–Crippen MR) is 85.2 cm³/mol. The fourth-order valence-corrected chi connectivity index (χ4v) is 3.06. The van der Waals surface area contributed by atoms with E-state index in [1.54, 1.807) is 26.2 Å². The van der Waals surface area contributed by atoms with Crippen LogP contribution in [0.5, 0.6) is 0 Å². The number of pyridine rings is 1. The molecule has 1 N–H and O–H groups in total. The van der Waals surface area contributed by atoms with Gasteiger partial charge in [-0.2, -0.15) is 0 Å². The minimum atomic E-state index is -3.59. The van der Waals surface area contributed by atoms with E-state index in [1.165, 1.54) is 16.1 Å². The number of nitrogens with one attached hydrogen (secondary N) is 1. The van der Waals surface area contributed by atoms with E-state index in [9.17, 15) is 8.42 Å². The number of sulfonamides is 1. The van der Waals surface area contributed by atoms with Gasteiger partial charge in [0.2, 0.25) is 0 Å². The van der Waals surface area contributed by atoms with Crippen LogP contribution in [0.4, 0.5) is 11.5 Å². The van der Waals surface area contributed by atoms with Crippen LogP contribution in [0.15, 0.2) is 47.5 Å². The number of hydrogen-bond donors (Lipinski definition) is 1. The third-order valence-corrected chi connectivity index (χ3v) is 5.13. The first-order chi connectivity index (χ1) is 9.98. The van der Waals surface area contributed by atoms with Crippen LogP contribution in [-0.2, 0) is 16.4 Å². The Hall–Kier alpha value is -2.08. The van der Waals surface area contributed by atoms with E-state index in [-0.39, 0.29) is 4.90 Å². The van der Waals surface area contributed by atoms with Crippen LogP contribution in [0.25, 0.3) is 0 Å². The average Bonchev–Trinajstić information content (AvgIpc) is 2.54. The lowest BCUT2D eigenvalue weighted by Crippen LogP contribution is -2.26. The van der Waals surface area contributed by atoms with E-state index in [0.717, 1.165) is 6.42 Å². The van der Waals surface area contributed by atoms with Crippen molar-refractivity contribution >= 4 is 21.5 Å². The molecule has 5 nitrogen and oxygen atoms in total. The molecule has 0 saturated carbocycles. The summed E-state index contributed by atoms with van der Waals surface area (Å²) in [6.45, 7) is 2.06. The number of aryl methyl sites for hydroxylation is 1. The molecule has 2 aromatic rings. The fourth-order valence-electron chi connectivity index (χ4n) is 1.92. The molecule has 1 heterocycles. The van der Waals surface area contributed by atoms with E-state index in [0.29, 0.717) is 11.5 Å². The highest BCUT2D eigenvalue weighted by atomic mass is 32.2. The summed E-state index contributed by atoms with van der Waals surface area (Å²) in [6.07, 6.45) is 2.28. The van der Waals surface area contributed by atoms with Crippen molar-refractivity contribution in [1.29, 1.82) is 0 Å². The zero-order chi connectivity index (χ0) is 15.5. The Labute approximate surface area is 125 Å². The summed E-state index contributed by atoms with van der Waals surface area (Å²) in [7, 11) is -0.316. The largest absolute Gasteiger partial charge is 0.373 e. The maximum Gasteiger partial charge on any atom is 0.265 e. The van der Waals surface area contributed by atoms with Crippen LogP contribution in [0.2, 0.25) is 0 Å². The minimum absolute atomic E-state index is 0.170. The van der Waals surface area contributed by atoms with Crippen molar-refractivity contribution in [3.05, 3.63) is 48.2 Å². The Morgan fingerprint density at radius 2 is 1.81 bits per heavy atom. The Balaban J connectivity index is 2.32. The molecule has 0 aliphatic carbocycles. The van der Waals surface area contributed by atoms with Gasteiger partial charge in [0, 0.05) is 20.3 Å². The summed E-state index contributed by atoms with van der Waals surface area (Å²) in [5.41, 5.74) is 1.80. The molecule has 0 aliphatic rings. The number of aromatic nitrogens is 1. The van der Waals surface area contributed by atoms with E-state index < -0.39 is 10.0 Å². The second-order valence-corrected chi connectivity index (χ2v) is 6.59. The number of benzene rings is 1. The smallest absolute Gasteiger partial charge is 0.265 e. The summed E-state index contributed by atoms with van der Waals surface area (Å²) in [4.78, 5) is 4.22. The molecule has 0 unspecified atom stereocenters. The van der Waals surface area contributed by atoms with Crippen LogP contribution >= 0.6 is 0 Å². The molecule has 0 radical (unpaired) electrons. The highest BCUT2D eigenvalue weighted by molar-refractivity contribution is 7.92. The van der Waals surface area contributed by atoms with Crippen LogP contribution in [0.1, 0.15) is 12.5 Å². The highest BCUT2D eigenvalue weighted by Gasteiger charge is 2.21. The first-order valence-corrected chi connectivity index (χ1v) is 8.14. The molecule has 0 fully saturated rings. The van der Waals surface area contributed by atoms with Gasteiger partial charge in [-0.1, -0.05) is 19.1 Å². The normalized spacial score (nSPS) is 11.2. The van der Waals surface area contributed by atoms with Crippen molar-refractivity contribution in [1.82, 2.24) is 4.98 Å². The van der Waals surface area contributed by atoms with Crippen molar-refractivity contribution < 1.29 is 8.42 Å². The van der Waals surface area contributed by atoms with Gasteiger partial charge in [-0.25, -0.2) is 13.4 Å². The lowest BCUT2D eigenvalue weighted by atomic mass is 10.1. The molecule has 1 aromatic heterocycles. The molecule has 0 amide bonds. The summed E-state index contributed by atoms with van der Waals surface area (Å²) in [6, 6.07) is 10.7. The maximum absolute atomic E-state index is 12.6. The standard InChI is InChI=1S/C15H19N3O2S/c1-4-12-5-7-13(8-6-12)18(3)21(19,20)14-9-10-15(16-2)17-11-14/h5-11H,4H2,1-3H3,(H,16,17). The van der Waals surface area contributed by atoms with Crippen molar-refractivity contribution in [3.8, 4) is 0 Å². The molecular weight excluding hydrogens is 286 g/mol. The van der Waals surface area contributed by atoms with Gasteiger partial charge in [-0.3, -0.25) is 4.31 Å². The number of rotatable bonds is 5. The van der Waals surface area contributed by atoms with E-state index in [1.807, 2.05) is 24.3 Å². The molecule has 0 bridgehead atoms. The van der Waals surface area contributed by atoms with E-state index >= 15 is 0 Å². The third kappa shape index (κ3) is 3.16. The van der Waals surface area contributed by atoms with Crippen molar-refractivity contribution in [2.45, 2.75) is 18.2 Å². The summed E-state index contributed by atoms with van der Waals surface area (Å²) in [5.74, 6) is 0.629. The van der Waals surface area contributed by atoms with Crippen molar-refractivity contribution in [2.75, 3.05) is 23.7 Å². The molecule has 0 aliphatic heterocycles. The second-order valence-electron chi connectivity index (χ2n) is 4.62. The zero-order valence-electron chi connectivity index (χ0n) is 12.4. The average molecular weight is 305 g/mol. The topological polar surface area (TPSA) is 62.3 Å². The van der Waals surface area contributed by atoms with E-state index in [4.69, 9.17) is 0 Å². The van der Waals surface area contributed by atoms with Gasteiger partial charge in [-0.05, 0) is 36.2 Å². The Bertz CT molecular complexity index is 695. The quantitative estimate of drug-likeness (QED) is 0.922. The maximum atomic E-state index is 12.6. The number of anilines is 2. The van der Waals surface area contributed by atoms with Gasteiger partial charge in [0.05, 0.1) is 5.69 Å². The predicted octanol–water partition coefficient (Wildman–Crippen LogP) is 2.51. The van der Waals surface area contributed by atoms with E-state index in [2.05, 4.69) is 17.2 Å². The van der Waals surface area contributed by atoms with Crippen molar-refractivity contribution in [3.63, 3.8) is 0 Å². The molecule has 2 rings (SSSR count). The molecule has 0 spiro atoms. The second kappa shape index (κ2) is 6.13. The van der Waals surface area contributed by atoms with Gasteiger partial charge < -0.3 is 5.32 Å². The molecule has 0 saturated heterocycles. The lowest BCUT2D eigenvalue weighted by molar-refractivity contribution is 0.594. The molecule has 112 valence electrons. The number of nitrogens with zero attached hydrogens (tertiary/aromatic N) is 2. The Morgan fingerprint density at radius 1 is 1.14 bits per heavy atom. The Kier molecular flexibility index (Phi) is 4.47. The third-order valence-electron chi connectivity index (χ3n) is 3.36. The van der Waals surface area contributed by atoms with Crippen LogP contribution < -0.4 is 9.62 Å². The number of hydrogen-bond acceptors (Lipinski definition) is 4. The van der Waals surface area contributed by atoms with Gasteiger partial charge in [0.15, 0.2) is 0 Å². The molecule has 0 atom stereocenters. The SMILES string of the molecule is CCc1ccc(N(C)S(=O)(=O)c2ccc(NC)nc2)cc1. The Morgan fingerprint density at radius 3 is 2.29 bits per heavy atom.